The average Bonchev–Trinajstić information content (AvgIpc) is 2.93. The number of methoxy groups -OCH3 is 2. The molecular formula is C29H28Br2N2O4. The molecule has 0 bridgehead atoms. The van der Waals surface area contributed by atoms with Crippen molar-refractivity contribution < 1.29 is 19.1 Å². The Morgan fingerprint density at radius 3 is 2.08 bits per heavy atom. The van der Waals surface area contributed by atoms with Crippen LogP contribution < -0.4 is 14.4 Å². The zero-order valence-corrected chi connectivity index (χ0v) is 23.9. The zero-order valence-electron chi connectivity index (χ0n) is 20.7. The Labute approximate surface area is 233 Å². The summed E-state index contributed by atoms with van der Waals surface area (Å²) in [7, 11) is 3.24. The third kappa shape index (κ3) is 5.14. The van der Waals surface area contributed by atoms with E-state index in [1.807, 2.05) is 53.4 Å². The standard InChI is InChI=1S/C29H28Br2N2O4/c1-36-22-7-3-18(4-8-22)28-24(11-12-27(34)33(28)21-5-9-23(37-2)10-6-21)29(35)32-14-13-19-15-25(30)26(31)16-20(19)17-32/h3-10,15-16,24,28H,11-14,17H2,1-2H3. The molecule has 0 saturated carbocycles. The van der Waals surface area contributed by atoms with Crippen LogP contribution in [0.15, 0.2) is 69.6 Å². The molecule has 2 unspecified atom stereocenters. The number of halogens is 2. The number of nitrogens with zero attached hydrogens (tertiary/aromatic N) is 2. The van der Waals surface area contributed by atoms with E-state index in [9.17, 15) is 9.59 Å². The van der Waals surface area contributed by atoms with Crippen LogP contribution in [0.1, 0.15) is 35.6 Å². The Bertz CT molecular complexity index is 1310. The second-order valence-corrected chi connectivity index (χ2v) is 11.1. The van der Waals surface area contributed by atoms with Gasteiger partial charge in [0.1, 0.15) is 11.5 Å². The largest absolute Gasteiger partial charge is 0.497 e. The van der Waals surface area contributed by atoms with E-state index >= 15 is 0 Å². The summed E-state index contributed by atoms with van der Waals surface area (Å²) in [4.78, 5) is 31.2. The molecule has 2 aliphatic heterocycles. The fraction of sp³-hybridized carbons (Fsp3) is 0.310. The number of benzene rings is 3. The molecule has 2 aliphatic rings. The molecule has 6 nitrogen and oxygen atoms in total. The third-order valence-electron chi connectivity index (χ3n) is 7.29. The summed E-state index contributed by atoms with van der Waals surface area (Å²) in [5.74, 6) is 1.17. The van der Waals surface area contributed by atoms with Gasteiger partial charge in [0.15, 0.2) is 0 Å². The van der Waals surface area contributed by atoms with E-state index in [0.29, 0.717) is 31.7 Å². The summed E-state index contributed by atoms with van der Waals surface area (Å²) in [5, 5.41) is 0. The lowest BCUT2D eigenvalue weighted by Crippen LogP contribution is -2.50. The van der Waals surface area contributed by atoms with Crippen LogP contribution in [0.25, 0.3) is 0 Å². The average molecular weight is 628 g/mol. The van der Waals surface area contributed by atoms with Crippen molar-refractivity contribution in [2.45, 2.75) is 31.8 Å². The van der Waals surface area contributed by atoms with E-state index in [4.69, 9.17) is 9.47 Å². The van der Waals surface area contributed by atoms with E-state index < -0.39 is 6.04 Å². The van der Waals surface area contributed by atoms with Crippen LogP contribution >= 0.6 is 31.9 Å². The van der Waals surface area contributed by atoms with Gasteiger partial charge in [-0.25, -0.2) is 0 Å². The molecule has 8 heteroatoms. The third-order valence-corrected chi connectivity index (χ3v) is 9.13. The van der Waals surface area contributed by atoms with Gasteiger partial charge in [-0.15, -0.1) is 0 Å². The number of fused-ring (bicyclic) bond motifs is 1. The number of hydrogen-bond acceptors (Lipinski definition) is 4. The second-order valence-electron chi connectivity index (χ2n) is 9.37. The molecule has 0 radical (unpaired) electrons. The fourth-order valence-electron chi connectivity index (χ4n) is 5.35. The topological polar surface area (TPSA) is 59.1 Å². The minimum absolute atomic E-state index is 0.00723. The van der Waals surface area contributed by atoms with E-state index in [2.05, 4.69) is 44.0 Å². The highest BCUT2D eigenvalue weighted by atomic mass is 79.9. The molecule has 5 rings (SSSR count). The monoisotopic (exact) mass is 626 g/mol. The van der Waals surface area contributed by atoms with Gasteiger partial charge < -0.3 is 19.3 Å². The van der Waals surface area contributed by atoms with E-state index in [-0.39, 0.29) is 17.7 Å². The van der Waals surface area contributed by atoms with Gasteiger partial charge in [0.25, 0.3) is 0 Å². The summed E-state index contributed by atoms with van der Waals surface area (Å²) in [6.07, 6.45) is 1.63. The van der Waals surface area contributed by atoms with Crippen LogP contribution in [0, 0.1) is 5.92 Å². The molecule has 2 atom stereocenters. The van der Waals surface area contributed by atoms with Crippen molar-refractivity contribution in [3.05, 3.63) is 86.3 Å². The number of carbonyl (C=O) groups excluding carboxylic acids is 2. The highest BCUT2D eigenvalue weighted by molar-refractivity contribution is 9.13. The van der Waals surface area contributed by atoms with Crippen LogP contribution in [0.3, 0.4) is 0 Å². The Morgan fingerprint density at radius 2 is 1.46 bits per heavy atom. The summed E-state index contributed by atoms with van der Waals surface area (Å²) in [6.45, 7) is 1.21. The van der Waals surface area contributed by atoms with Gasteiger partial charge in [0.2, 0.25) is 11.8 Å². The van der Waals surface area contributed by atoms with Crippen molar-refractivity contribution in [3.8, 4) is 11.5 Å². The van der Waals surface area contributed by atoms with Gasteiger partial charge in [-0.05, 0) is 110 Å². The smallest absolute Gasteiger partial charge is 0.228 e. The Kier molecular flexibility index (Phi) is 7.58. The number of rotatable bonds is 5. The number of anilines is 1. The van der Waals surface area contributed by atoms with Crippen molar-refractivity contribution in [2.24, 2.45) is 5.92 Å². The number of hydrogen-bond donors (Lipinski definition) is 0. The predicted molar refractivity (Wildman–Crippen MR) is 150 cm³/mol. The van der Waals surface area contributed by atoms with E-state index in [0.717, 1.165) is 37.9 Å². The minimum Gasteiger partial charge on any atom is -0.497 e. The normalized spacial score (nSPS) is 19.4. The predicted octanol–water partition coefficient (Wildman–Crippen LogP) is 6.30. The highest BCUT2D eigenvalue weighted by Crippen LogP contribution is 2.42. The molecule has 0 aliphatic carbocycles. The number of carbonyl (C=O) groups is 2. The highest BCUT2D eigenvalue weighted by Gasteiger charge is 2.43. The Hall–Kier alpha value is -2.84. The molecule has 192 valence electrons. The van der Waals surface area contributed by atoms with Crippen LogP contribution in [0.2, 0.25) is 0 Å². The maximum atomic E-state index is 14.1. The molecular weight excluding hydrogens is 600 g/mol. The zero-order chi connectivity index (χ0) is 26.1. The molecule has 37 heavy (non-hydrogen) atoms. The van der Waals surface area contributed by atoms with Crippen LogP contribution in [-0.4, -0.2) is 37.5 Å². The second kappa shape index (κ2) is 10.9. The van der Waals surface area contributed by atoms with E-state index in [1.165, 1.54) is 5.56 Å². The van der Waals surface area contributed by atoms with Crippen molar-refractivity contribution in [1.82, 2.24) is 4.90 Å². The Morgan fingerprint density at radius 1 is 0.865 bits per heavy atom. The van der Waals surface area contributed by atoms with Crippen LogP contribution in [0.4, 0.5) is 5.69 Å². The van der Waals surface area contributed by atoms with Crippen LogP contribution in [-0.2, 0) is 22.6 Å². The van der Waals surface area contributed by atoms with E-state index in [1.54, 1.807) is 19.1 Å². The van der Waals surface area contributed by atoms with Gasteiger partial charge in [-0.3, -0.25) is 9.59 Å². The number of ether oxygens (including phenoxy) is 2. The minimum atomic E-state index is -0.425. The maximum absolute atomic E-state index is 14.1. The molecule has 3 aromatic carbocycles. The molecule has 0 spiro atoms. The molecule has 2 amide bonds. The number of piperidine rings is 1. The molecule has 0 aromatic heterocycles. The molecule has 1 saturated heterocycles. The van der Waals surface area contributed by atoms with Crippen LogP contribution in [0.5, 0.6) is 11.5 Å². The first kappa shape index (κ1) is 25.8. The van der Waals surface area contributed by atoms with Crippen molar-refractivity contribution in [3.63, 3.8) is 0 Å². The lowest BCUT2D eigenvalue weighted by molar-refractivity contribution is -0.139. The maximum Gasteiger partial charge on any atom is 0.228 e. The fourth-order valence-corrected chi connectivity index (χ4v) is 6.13. The first-order chi connectivity index (χ1) is 17.9. The summed E-state index contributed by atoms with van der Waals surface area (Å²) >= 11 is 7.18. The summed E-state index contributed by atoms with van der Waals surface area (Å²) in [5.41, 5.74) is 4.06. The quantitative estimate of drug-likeness (QED) is 0.333. The Balaban J connectivity index is 1.51. The first-order valence-electron chi connectivity index (χ1n) is 12.2. The van der Waals surface area contributed by atoms with Gasteiger partial charge >= 0.3 is 0 Å². The lowest BCUT2D eigenvalue weighted by atomic mass is 9.82. The summed E-state index contributed by atoms with van der Waals surface area (Å²) in [6, 6.07) is 18.9. The molecule has 0 N–H and O–H groups in total. The SMILES string of the molecule is COc1ccc(C2C(C(=O)N3CCc4cc(Br)c(Br)cc4C3)CCC(=O)N2c2ccc(OC)cc2)cc1. The van der Waals surface area contributed by atoms with Crippen molar-refractivity contribution >= 4 is 49.4 Å². The molecule has 1 fully saturated rings. The lowest BCUT2D eigenvalue weighted by Gasteiger charge is -2.43. The van der Waals surface area contributed by atoms with Gasteiger partial charge in [0.05, 0.1) is 26.2 Å². The van der Waals surface area contributed by atoms with Crippen molar-refractivity contribution in [1.29, 1.82) is 0 Å². The number of amides is 2. The van der Waals surface area contributed by atoms with Gasteiger partial charge in [-0.1, -0.05) is 12.1 Å². The van der Waals surface area contributed by atoms with Gasteiger partial charge in [0, 0.05) is 34.1 Å². The van der Waals surface area contributed by atoms with Crippen molar-refractivity contribution in [2.75, 3.05) is 25.7 Å². The summed E-state index contributed by atoms with van der Waals surface area (Å²) < 4.78 is 12.7. The molecule has 3 aromatic rings. The van der Waals surface area contributed by atoms with Gasteiger partial charge in [-0.2, -0.15) is 0 Å². The first-order valence-corrected chi connectivity index (χ1v) is 13.8. The molecule has 2 heterocycles.